The third-order valence-corrected chi connectivity index (χ3v) is 5.54. The molecular formula is C13H11BrClNO2S. The summed E-state index contributed by atoms with van der Waals surface area (Å²) in [4.78, 5) is 0.117. The lowest BCUT2D eigenvalue weighted by molar-refractivity contribution is 0.595. The Morgan fingerprint density at radius 3 is 2.42 bits per heavy atom. The van der Waals surface area contributed by atoms with Gasteiger partial charge < -0.3 is 5.73 Å². The van der Waals surface area contributed by atoms with Crippen molar-refractivity contribution >= 4 is 43.1 Å². The van der Waals surface area contributed by atoms with E-state index in [0.29, 0.717) is 15.7 Å². The monoisotopic (exact) mass is 359 g/mol. The molecule has 0 atom stereocenters. The predicted molar refractivity (Wildman–Crippen MR) is 80.9 cm³/mol. The van der Waals surface area contributed by atoms with Crippen molar-refractivity contribution in [3.8, 4) is 0 Å². The van der Waals surface area contributed by atoms with Gasteiger partial charge in [0.1, 0.15) is 0 Å². The highest BCUT2D eigenvalue weighted by Gasteiger charge is 2.20. The normalized spacial score (nSPS) is 11.5. The minimum atomic E-state index is -3.53. The summed E-state index contributed by atoms with van der Waals surface area (Å²) < 4.78 is 25.4. The molecule has 0 aliphatic rings. The first-order valence-electron chi connectivity index (χ1n) is 5.42. The minimum Gasteiger partial charge on any atom is -0.398 e. The zero-order valence-electron chi connectivity index (χ0n) is 9.81. The zero-order valence-corrected chi connectivity index (χ0v) is 13.0. The molecule has 100 valence electrons. The van der Waals surface area contributed by atoms with Crippen LogP contribution < -0.4 is 5.73 Å². The number of nitrogen functional groups attached to an aromatic ring is 1. The van der Waals surface area contributed by atoms with E-state index in [1.54, 1.807) is 36.4 Å². The van der Waals surface area contributed by atoms with E-state index in [1.165, 1.54) is 6.07 Å². The van der Waals surface area contributed by atoms with Crippen LogP contribution in [-0.4, -0.2) is 8.42 Å². The third-order valence-electron chi connectivity index (χ3n) is 2.66. The van der Waals surface area contributed by atoms with E-state index in [2.05, 4.69) is 15.9 Å². The number of hydrogen-bond acceptors (Lipinski definition) is 3. The summed E-state index contributed by atoms with van der Waals surface area (Å²) in [5, 5.41) is 0.216. The average molecular weight is 361 g/mol. The molecule has 0 aliphatic heterocycles. The maximum absolute atomic E-state index is 12.4. The van der Waals surface area contributed by atoms with Gasteiger partial charge in [-0.25, -0.2) is 8.42 Å². The first-order valence-corrected chi connectivity index (χ1v) is 8.24. The van der Waals surface area contributed by atoms with Crippen molar-refractivity contribution in [3.05, 3.63) is 57.5 Å². The number of halogens is 2. The Bertz CT molecular complexity index is 696. The van der Waals surface area contributed by atoms with E-state index in [9.17, 15) is 8.42 Å². The number of anilines is 1. The Hall–Kier alpha value is -1.04. The summed E-state index contributed by atoms with van der Waals surface area (Å²) in [6.45, 7) is 0. The van der Waals surface area contributed by atoms with E-state index in [4.69, 9.17) is 17.3 Å². The van der Waals surface area contributed by atoms with E-state index in [-0.39, 0.29) is 15.7 Å². The van der Waals surface area contributed by atoms with Crippen LogP contribution in [0.15, 0.2) is 51.8 Å². The lowest BCUT2D eigenvalue weighted by Gasteiger charge is -2.10. The molecule has 2 N–H and O–H groups in total. The highest BCUT2D eigenvalue weighted by atomic mass is 79.9. The van der Waals surface area contributed by atoms with Gasteiger partial charge in [0.25, 0.3) is 0 Å². The lowest BCUT2D eigenvalue weighted by atomic mass is 10.2. The van der Waals surface area contributed by atoms with Crippen LogP contribution in [0.2, 0.25) is 5.02 Å². The van der Waals surface area contributed by atoms with Gasteiger partial charge in [-0.1, -0.05) is 45.7 Å². The van der Waals surface area contributed by atoms with Crippen LogP contribution in [-0.2, 0) is 15.6 Å². The molecule has 0 saturated carbocycles. The number of sulfone groups is 1. The van der Waals surface area contributed by atoms with E-state index >= 15 is 0 Å². The van der Waals surface area contributed by atoms with Gasteiger partial charge in [0.15, 0.2) is 9.84 Å². The average Bonchev–Trinajstić information content (AvgIpc) is 2.34. The SMILES string of the molecule is Nc1cccc(Br)c1CS(=O)(=O)c1ccccc1Cl. The third kappa shape index (κ3) is 3.11. The quantitative estimate of drug-likeness (QED) is 0.850. The fourth-order valence-electron chi connectivity index (χ4n) is 1.69. The Kier molecular flexibility index (Phi) is 4.18. The van der Waals surface area contributed by atoms with Crippen molar-refractivity contribution in [1.29, 1.82) is 0 Å². The van der Waals surface area contributed by atoms with Crippen LogP contribution in [0.4, 0.5) is 5.69 Å². The number of nitrogens with two attached hydrogens (primary N) is 1. The van der Waals surface area contributed by atoms with Crippen molar-refractivity contribution in [3.63, 3.8) is 0 Å². The second kappa shape index (κ2) is 5.53. The van der Waals surface area contributed by atoms with Crippen molar-refractivity contribution < 1.29 is 8.42 Å². The molecule has 6 heteroatoms. The molecule has 0 bridgehead atoms. The molecule has 0 spiro atoms. The second-order valence-corrected chi connectivity index (χ2v) is 7.22. The van der Waals surface area contributed by atoms with Crippen LogP contribution in [0.3, 0.4) is 0 Å². The second-order valence-electron chi connectivity index (χ2n) is 4.00. The fourth-order valence-corrected chi connectivity index (χ4v) is 4.40. The number of hydrogen-bond donors (Lipinski definition) is 1. The van der Waals surface area contributed by atoms with Crippen LogP contribution in [0.5, 0.6) is 0 Å². The molecule has 0 unspecified atom stereocenters. The van der Waals surface area contributed by atoms with Gasteiger partial charge in [-0.15, -0.1) is 0 Å². The van der Waals surface area contributed by atoms with Gasteiger partial charge in [-0.05, 0) is 24.3 Å². The molecule has 2 aromatic rings. The largest absolute Gasteiger partial charge is 0.398 e. The molecule has 2 rings (SSSR count). The van der Waals surface area contributed by atoms with E-state index in [0.717, 1.165) is 0 Å². The van der Waals surface area contributed by atoms with E-state index < -0.39 is 9.84 Å². The maximum Gasteiger partial charge on any atom is 0.184 e. The molecule has 0 aromatic heterocycles. The van der Waals surface area contributed by atoms with Crippen LogP contribution >= 0.6 is 27.5 Å². The summed E-state index contributed by atoms with van der Waals surface area (Å²) in [6.07, 6.45) is 0. The van der Waals surface area contributed by atoms with Crippen molar-refractivity contribution in [2.75, 3.05) is 5.73 Å². The van der Waals surface area contributed by atoms with Crippen molar-refractivity contribution in [1.82, 2.24) is 0 Å². The van der Waals surface area contributed by atoms with Crippen molar-refractivity contribution in [2.24, 2.45) is 0 Å². The topological polar surface area (TPSA) is 60.2 Å². The summed E-state index contributed by atoms with van der Waals surface area (Å²) >= 11 is 9.25. The van der Waals surface area contributed by atoms with Crippen LogP contribution in [0.1, 0.15) is 5.56 Å². The zero-order chi connectivity index (χ0) is 14.0. The lowest BCUT2D eigenvalue weighted by Crippen LogP contribution is -2.08. The molecule has 3 nitrogen and oxygen atoms in total. The molecule has 0 fully saturated rings. The van der Waals surface area contributed by atoms with Crippen LogP contribution in [0, 0.1) is 0 Å². The Morgan fingerprint density at radius 2 is 1.79 bits per heavy atom. The van der Waals surface area contributed by atoms with Gasteiger partial charge in [-0.3, -0.25) is 0 Å². The molecule has 0 saturated heterocycles. The van der Waals surface area contributed by atoms with Gasteiger partial charge in [0, 0.05) is 15.7 Å². The summed E-state index contributed by atoms with van der Waals surface area (Å²) in [5.41, 5.74) is 6.80. The Labute approximate surface area is 125 Å². The smallest absolute Gasteiger partial charge is 0.184 e. The molecule has 2 aromatic carbocycles. The standard InChI is InChI=1S/C13H11BrClNO2S/c14-10-4-3-6-12(16)9(10)8-19(17,18)13-7-2-1-5-11(13)15/h1-7H,8,16H2. The summed E-state index contributed by atoms with van der Waals surface area (Å²) in [5.74, 6) is -0.190. The van der Waals surface area contributed by atoms with Crippen LogP contribution in [0.25, 0.3) is 0 Å². The van der Waals surface area contributed by atoms with Crippen molar-refractivity contribution in [2.45, 2.75) is 10.6 Å². The van der Waals surface area contributed by atoms with Gasteiger partial charge >= 0.3 is 0 Å². The summed E-state index contributed by atoms with van der Waals surface area (Å²) in [6, 6.07) is 11.6. The fraction of sp³-hybridized carbons (Fsp3) is 0.0769. The highest BCUT2D eigenvalue weighted by molar-refractivity contribution is 9.10. The molecule has 0 amide bonds. The first kappa shape index (κ1) is 14.4. The minimum absolute atomic E-state index is 0.117. The summed E-state index contributed by atoms with van der Waals surface area (Å²) in [7, 11) is -3.53. The first-order chi connectivity index (χ1) is 8.92. The Morgan fingerprint density at radius 1 is 1.11 bits per heavy atom. The molecule has 0 aliphatic carbocycles. The van der Waals surface area contributed by atoms with E-state index in [1.807, 2.05) is 0 Å². The molecule has 0 radical (unpaired) electrons. The molecular weight excluding hydrogens is 350 g/mol. The number of rotatable bonds is 3. The van der Waals surface area contributed by atoms with Gasteiger partial charge in [0.2, 0.25) is 0 Å². The maximum atomic E-state index is 12.4. The van der Waals surface area contributed by atoms with Gasteiger partial charge in [-0.2, -0.15) is 0 Å². The molecule has 19 heavy (non-hydrogen) atoms. The number of benzene rings is 2. The predicted octanol–water partition coefficient (Wildman–Crippen LogP) is 3.66. The molecule has 0 heterocycles. The van der Waals surface area contributed by atoms with Gasteiger partial charge in [0.05, 0.1) is 15.7 Å². The Balaban J connectivity index is 2.46. The highest BCUT2D eigenvalue weighted by Crippen LogP contribution is 2.29.